The van der Waals surface area contributed by atoms with E-state index in [-0.39, 0.29) is 10.6 Å². The maximum Gasteiger partial charge on any atom is 0.416 e. The van der Waals surface area contributed by atoms with Crippen molar-refractivity contribution >= 4 is 29.3 Å². The molecule has 0 fully saturated rings. The first-order valence-electron chi connectivity index (χ1n) is 6.12. The molecule has 0 aliphatic heterocycles. The van der Waals surface area contributed by atoms with E-state index in [0.717, 1.165) is 24.3 Å². The van der Waals surface area contributed by atoms with Crippen LogP contribution in [0.2, 0.25) is 5.02 Å². The number of carbonyl (C=O) groups excluding carboxylic acids is 1. The smallest absolute Gasteiger partial charge is 0.321 e. The van der Waals surface area contributed by atoms with Crippen LogP contribution >= 0.6 is 11.6 Å². The molecule has 22 heavy (non-hydrogen) atoms. The number of nitrogens with one attached hydrogen (secondary N) is 1. The first-order valence-corrected chi connectivity index (χ1v) is 6.50. The fourth-order valence-electron chi connectivity index (χ4n) is 1.63. The largest absolute Gasteiger partial charge is 0.416 e. The van der Waals surface area contributed by atoms with Gasteiger partial charge in [-0.2, -0.15) is 13.2 Å². The van der Waals surface area contributed by atoms with Crippen LogP contribution < -0.4 is 5.32 Å². The van der Waals surface area contributed by atoms with E-state index >= 15 is 0 Å². The third kappa shape index (κ3) is 4.33. The van der Waals surface area contributed by atoms with Crippen molar-refractivity contribution in [2.45, 2.75) is 6.18 Å². The summed E-state index contributed by atoms with van der Waals surface area (Å²) in [5.74, 6) is -0.499. The average molecular weight is 327 g/mol. The Morgan fingerprint density at radius 2 is 2.05 bits per heavy atom. The van der Waals surface area contributed by atoms with Gasteiger partial charge in [0.1, 0.15) is 0 Å². The number of pyridine rings is 1. The molecular formula is C15H10ClF3N2O. The van der Waals surface area contributed by atoms with Gasteiger partial charge in [0.2, 0.25) is 5.91 Å². The average Bonchev–Trinajstić information content (AvgIpc) is 2.46. The van der Waals surface area contributed by atoms with Crippen molar-refractivity contribution in [3.05, 3.63) is 65.0 Å². The Morgan fingerprint density at radius 3 is 2.68 bits per heavy atom. The standard InChI is InChI=1S/C15H10ClF3N2O/c16-13-5-4-11(15(17,18)19)8-10(13)3-6-14(22)21-12-2-1-7-20-9-12/h1-9H,(H,21,22)/b6-3+. The Balaban J connectivity index is 2.14. The van der Waals surface area contributed by atoms with Gasteiger partial charge in [-0.1, -0.05) is 11.6 Å². The number of hydrogen-bond acceptors (Lipinski definition) is 2. The third-order valence-corrected chi connectivity index (χ3v) is 3.01. The summed E-state index contributed by atoms with van der Waals surface area (Å²) in [5.41, 5.74) is -0.241. The van der Waals surface area contributed by atoms with Gasteiger partial charge >= 0.3 is 6.18 Å². The molecule has 1 amide bonds. The maximum atomic E-state index is 12.6. The van der Waals surface area contributed by atoms with E-state index in [1.165, 1.54) is 12.3 Å². The zero-order valence-corrected chi connectivity index (χ0v) is 11.8. The Hall–Kier alpha value is -2.34. The molecule has 0 spiro atoms. The molecule has 1 aromatic carbocycles. The van der Waals surface area contributed by atoms with Crippen molar-refractivity contribution < 1.29 is 18.0 Å². The topological polar surface area (TPSA) is 42.0 Å². The number of rotatable bonds is 3. The van der Waals surface area contributed by atoms with Crippen LogP contribution in [0, 0.1) is 0 Å². The second-order valence-electron chi connectivity index (χ2n) is 4.30. The Morgan fingerprint density at radius 1 is 1.27 bits per heavy atom. The highest BCUT2D eigenvalue weighted by atomic mass is 35.5. The van der Waals surface area contributed by atoms with E-state index in [1.54, 1.807) is 18.3 Å². The summed E-state index contributed by atoms with van der Waals surface area (Å²) in [4.78, 5) is 15.5. The van der Waals surface area contributed by atoms with Crippen LogP contribution in [0.5, 0.6) is 0 Å². The predicted molar refractivity (Wildman–Crippen MR) is 78.4 cm³/mol. The van der Waals surface area contributed by atoms with Gasteiger partial charge in [0, 0.05) is 17.3 Å². The van der Waals surface area contributed by atoms with E-state index < -0.39 is 17.6 Å². The molecule has 0 radical (unpaired) electrons. The van der Waals surface area contributed by atoms with Crippen LogP contribution in [0.4, 0.5) is 18.9 Å². The van der Waals surface area contributed by atoms with Gasteiger partial charge < -0.3 is 5.32 Å². The minimum Gasteiger partial charge on any atom is -0.321 e. The number of anilines is 1. The molecule has 0 saturated heterocycles. The number of nitrogens with zero attached hydrogens (tertiary/aromatic N) is 1. The maximum absolute atomic E-state index is 12.6. The SMILES string of the molecule is O=C(/C=C/c1cc(C(F)(F)F)ccc1Cl)Nc1cccnc1. The first-order chi connectivity index (χ1) is 10.4. The lowest BCUT2D eigenvalue weighted by atomic mass is 10.1. The van der Waals surface area contributed by atoms with Gasteiger partial charge in [-0.3, -0.25) is 9.78 Å². The van der Waals surface area contributed by atoms with E-state index in [2.05, 4.69) is 10.3 Å². The number of benzene rings is 1. The van der Waals surface area contributed by atoms with Crippen LogP contribution in [0.1, 0.15) is 11.1 Å². The molecule has 2 aromatic rings. The van der Waals surface area contributed by atoms with Crippen molar-refractivity contribution in [1.82, 2.24) is 4.98 Å². The minimum absolute atomic E-state index is 0.109. The van der Waals surface area contributed by atoms with E-state index in [4.69, 9.17) is 11.6 Å². The number of halogens is 4. The quantitative estimate of drug-likeness (QED) is 0.849. The van der Waals surface area contributed by atoms with E-state index in [9.17, 15) is 18.0 Å². The van der Waals surface area contributed by atoms with Gasteiger partial charge in [-0.25, -0.2) is 0 Å². The number of carbonyl (C=O) groups is 1. The highest BCUT2D eigenvalue weighted by molar-refractivity contribution is 6.32. The number of aromatic nitrogens is 1. The Kier molecular flexibility index (Phi) is 4.82. The predicted octanol–water partition coefficient (Wildman–Crippen LogP) is 4.41. The van der Waals surface area contributed by atoms with Gasteiger partial charge in [-0.05, 0) is 42.0 Å². The van der Waals surface area contributed by atoms with E-state index in [0.29, 0.717) is 5.69 Å². The molecule has 1 heterocycles. The summed E-state index contributed by atoms with van der Waals surface area (Å²) >= 11 is 5.83. The molecule has 7 heteroatoms. The first kappa shape index (κ1) is 16.0. The van der Waals surface area contributed by atoms with Crippen molar-refractivity contribution in [2.75, 3.05) is 5.32 Å². The highest BCUT2D eigenvalue weighted by Gasteiger charge is 2.30. The monoisotopic (exact) mass is 326 g/mol. The van der Waals surface area contributed by atoms with Crippen LogP contribution in [0.25, 0.3) is 6.08 Å². The number of alkyl halides is 3. The second-order valence-corrected chi connectivity index (χ2v) is 4.71. The van der Waals surface area contributed by atoms with Gasteiger partial charge in [-0.15, -0.1) is 0 Å². The van der Waals surface area contributed by atoms with Gasteiger partial charge in [0.05, 0.1) is 17.4 Å². The summed E-state index contributed by atoms with van der Waals surface area (Å²) in [5, 5.41) is 2.65. The second kappa shape index (κ2) is 6.62. The Labute approximate surface area is 129 Å². The van der Waals surface area contributed by atoms with Crippen molar-refractivity contribution in [3.63, 3.8) is 0 Å². The van der Waals surface area contributed by atoms with Crippen LogP contribution in [-0.4, -0.2) is 10.9 Å². The summed E-state index contributed by atoms with van der Waals surface area (Å²) in [7, 11) is 0. The number of amides is 1. The molecule has 0 bridgehead atoms. The van der Waals surface area contributed by atoms with Gasteiger partial charge in [0.15, 0.2) is 0 Å². The fourth-order valence-corrected chi connectivity index (χ4v) is 1.81. The summed E-state index contributed by atoms with van der Waals surface area (Å²) < 4.78 is 37.9. The lowest BCUT2D eigenvalue weighted by molar-refractivity contribution is -0.137. The zero-order chi connectivity index (χ0) is 16.2. The van der Waals surface area contributed by atoms with Crippen molar-refractivity contribution in [3.8, 4) is 0 Å². The Bertz CT molecular complexity index is 700. The molecule has 2 rings (SSSR count). The van der Waals surface area contributed by atoms with Crippen LogP contribution in [0.3, 0.4) is 0 Å². The molecule has 0 unspecified atom stereocenters. The lowest BCUT2D eigenvalue weighted by Crippen LogP contribution is -2.08. The molecule has 3 nitrogen and oxygen atoms in total. The van der Waals surface area contributed by atoms with Gasteiger partial charge in [0.25, 0.3) is 0 Å². The molecule has 0 aliphatic rings. The van der Waals surface area contributed by atoms with Crippen molar-refractivity contribution in [2.24, 2.45) is 0 Å². The summed E-state index contributed by atoms with van der Waals surface area (Å²) in [6.45, 7) is 0. The lowest BCUT2D eigenvalue weighted by Gasteiger charge is -2.08. The summed E-state index contributed by atoms with van der Waals surface area (Å²) in [6.07, 6.45) is 0.861. The van der Waals surface area contributed by atoms with Crippen LogP contribution in [0.15, 0.2) is 48.8 Å². The minimum atomic E-state index is -4.47. The molecular weight excluding hydrogens is 317 g/mol. The molecule has 0 saturated carbocycles. The normalized spacial score (nSPS) is 11.6. The zero-order valence-electron chi connectivity index (χ0n) is 11.1. The molecule has 1 aromatic heterocycles. The fraction of sp³-hybridized carbons (Fsp3) is 0.0667. The number of hydrogen-bond donors (Lipinski definition) is 1. The molecule has 114 valence electrons. The molecule has 0 atom stereocenters. The molecule has 0 aliphatic carbocycles. The highest BCUT2D eigenvalue weighted by Crippen LogP contribution is 2.32. The summed E-state index contributed by atoms with van der Waals surface area (Å²) in [6, 6.07) is 6.19. The third-order valence-electron chi connectivity index (χ3n) is 2.67. The van der Waals surface area contributed by atoms with Crippen molar-refractivity contribution in [1.29, 1.82) is 0 Å². The van der Waals surface area contributed by atoms with Crippen LogP contribution in [-0.2, 0) is 11.0 Å². The van der Waals surface area contributed by atoms with E-state index in [1.807, 2.05) is 0 Å². The molecule has 1 N–H and O–H groups in total.